The van der Waals surface area contributed by atoms with E-state index in [1.165, 1.54) is 44.7 Å². The molecular formula is C93H138Cl2F2N14O13S2. The molecule has 0 bridgehead atoms. The Morgan fingerprint density at radius 1 is 0.389 bits per heavy atom. The second-order valence-electron chi connectivity index (χ2n) is 32.0. The highest BCUT2D eigenvalue weighted by molar-refractivity contribution is 7.92. The maximum atomic E-state index is 13.2. The molecule has 7 aromatic rings. The lowest BCUT2D eigenvalue weighted by molar-refractivity contribution is -0.114. The van der Waals surface area contributed by atoms with Crippen LogP contribution in [0.5, 0.6) is 40.2 Å². The average molecular weight is 1830 g/mol. The summed E-state index contributed by atoms with van der Waals surface area (Å²) in [5.41, 5.74) is 4.02. The number of nitrogens with one attached hydrogen (secondary N) is 13. The van der Waals surface area contributed by atoms with Gasteiger partial charge in [-0.1, -0.05) is 84.9 Å². The Hall–Kier alpha value is -8.80. The van der Waals surface area contributed by atoms with E-state index in [0.717, 1.165) is 209 Å². The molecule has 4 atom stereocenters. The quantitative estimate of drug-likeness (QED) is 0.0213. The van der Waals surface area contributed by atoms with Crippen molar-refractivity contribution in [2.45, 2.75) is 96.2 Å². The Balaban J connectivity index is 0.000000227. The molecule has 0 spiro atoms. The number of hydrogen-bond acceptors (Lipinski definition) is 22. The SMILES string of the molecule is CC(=O)Nc1ccccc1OCC1CCNCC1.CN(C)c1ccccc1OCC1CCNCC1.CNC(=O)Nc1ccccc1OCC1CCNCC1.CNC(=S)Nc1ccccc1OCC1CCNCC1.CS(=O)(=O)Nc1ccccc1OCC1CCNCC1.Cl.Cl.O[C@@H]1CCNC[C@@H]1COc1ccccc1F.O[C@@H]1CCNC[C@H]1COc1ccccc1F. The molecule has 27 nitrogen and oxygen atoms in total. The van der Waals surface area contributed by atoms with Crippen LogP contribution in [0.15, 0.2) is 170 Å². The van der Waals surface area contributed by atoms with Crippen LogP contribution in [0.4, 0.5) is 42.0 Å². The summed E-state index contributed by atoms with van der Waals surface area (Å²) in [6.07, 6.45) is 13.5. The van der Waals surface area contributed by atoms with Crippen molar-refractivity contribution in [2.24, 2.45) is 41.4 Å². The summed E-state index contributed by atoms with van der Waals surface area (Å²) in [6.45, 7) is 19.7. The van der Waals surface area contributed by atoms with Gasteiger partial charge in [-0.3, -0.25) is 9.52 Å². The highest BCUT2D eigenvalue weighted by Gasteiger charge is 2.27. The number of aliphatic hydroxyl groups excluding tert-OH is 2. The Bertz CT molecular complexity index is 4160. The van der Waals surface area contributed by atoms with Crippen LogP contribution < -0.4 is 107 Å². The Kier molecular flexibility index (Phi) is 51.2. The Morgan fingerprint density at radius 2 is 0.667 bits per heavy atom. The summed E-state index contributed by atoms with van der Waals surface area (Å²) in [7, 11) is 4.20. The number of nitrogens with zero attached hydrogens (tertiary/aromatic N) is 1. The Morgan fingerprint density at radius 3 is 0.984 bits per heavy atom. The fourth-order valence-electron chi connectivity index (χ4n) is 14.4. The van der Waals surface area contributed by atoms with E-state index in [4.69, 9.17) is 45.4 Å². The molecule has 14 rings (SSSR count). The highest BCUT2D eigenvalue weighted by Crippen LogP contribution is 2.32. The van der Waals surface area contributed by atoms with Crippen molar-refractivity contribution in [3.05, 3.63) is 181 Å². The monoisotopic (exact) mass is 1830 g/mol. The van der Waals surface area contributed by atoms with E-state index < -0.39 is 10.0 Å². The van der Waals surface area contributed by atoms with Gasteiger partial charge in [-0.2, -0.15) is 0 Å². The summed E-state index contributed by atoms with van der Waals surface area (Å²) < 4.78 is 91.6. The van der Waals surface area contributed by atoms with E-state index in [1.807, 2.05) is 105 Å². The van der Waals surface area contributed by atoms with Crippen LogP contribution >= 0.6 is 37.0 Å². The van der Waals surface area contributed by atoms with E-state index in [1.54, 1.807) is 68.7 Å². The van der Waals surface area contributed by atoms with Gasteiger partial charge in [-0.15, -0.1) is 24.8 Å². The van der Waals surface area contributed by atoms with E-state index in [9.17, 15) is 37.0 Å². The number of amides is 3. The standard InChI is InChI=1S/C14H21N3O2.C14H21N3OS.C14H20N2O2.C14H22N2O.C13H20N2O3S.2C12H16FNO2.2ClH/c1-15-14(18)17-12-4-2-3-5-13(12)19-10-11-6-8-16-9-7-11;1-15-14(19)17-12-4-2-3-5-13(12)18-10-11-6-8-16-9-7-11;1-11(17)16-13-4-2-3-5-14(13)18-10-12-6-8-15-9-7-12;1-16(2)13-5-3-4-6-14(13)17-11-12-7-9-15-10-8-12;1-19(16,17)15-12-4-2-3-5-13(12)18-10-11-6-8-14-9-7-11;2*13-10-3-1-2-4-12(10)16-8-9-7-14-6-5-11(9)15;;/h2-5,11,16H,6-10H2,1H3,(H2,15,17,18);2-5,11,16H,6-10H2,1H3,(H2,15,17,19);2-5,12,15H,6-10H2,1H3,(H,16,17);3-6,12,15H,7-11H2,1-2H3;2-5,11,14-15H,6-10H2,1H3;2*1-4,9,11,14-15H,5-8H2;2*1H/t;;;;;9-,11+;9-,11-;;/m.....01../s1. The number of rotatable bonds is 27. The summed E-state index contributed by atoms with van der Waals surface area (Å²) in [6, 6.07) is 50.7. The van der Waals surface area contributed by atoms with Gasteiger partial charge < -0.3 is 112 Å². The van der Waals surface area contributed by atoms with Crippen LogP contribution in [0.2, 0.25) is 0 Å². The summed E-state index contributed by atoms with van der Waals surface area (Å²) in [4.78, 5) is 24.5. The number of ether oxygens (including phenoxy) is 7. The maximum Gasteiger partial charge on any atom is 0.319 e. The van der Waals surface area contributed by atoms with E-state index in [2.05, 4.69) is 85.6 Å². The largest absolute Gasteiger partial charge is 0.491 e. The van der Waals surface area contributed by atoms with E-state index in [-0.39, 0.29) is 83.9 Å². The first-order valence-electron chi connectivity index (χ1n) is 43.8. The minimum Gasteiger partial charge on any atom is -0.491 e. The van der Waals surface area contributed by atoms with Crippen LogP contribution in [0.25, 0.3) is 0 Å². The number of carbonyl (C=O) groups is 2. The number of piperidine rings is 7. The second-order valence-corrected chi connectivity index (χ2v) is 34.1. The first-order chi connectivity index (χ1) is 60.2. The molecule has 0 saturated carbocycles. The average Bonchev–Trinajstić information content (AvgIpc) is 0.880. The van der Waals surface area contributed by atoms with Gasteiger partial charge in [0.2, 0.25) is 15.9 Å². The van der Waals surface area contributed by atoms with Crippen LogP contribution in [0, 0.1) is 53.1 Å². The molecule has 7 fully saturated rings. The maximum absolute atomic E-state index is 13.2. The van der Waals surface area contributed by atoms with Crippen molar-refractivity contribution >= 4 is 92.5 Å². The molecule has 7 heterocycles. The molecule has 7 aromatic carbocycles. The third-order valence-electron chi connectivity index (χ3n) is 21.8. The van der Waals surface area contributed by atoms with Crippen LogP contribution in [0.3, 0.4) is 0 Å². The van der Waals surface area contributed by atoms with Gasteiger partial charge in [-0.05, 0) is 282 Å². The molecule has 0 aromatic heterocycles. The number of hydrogen-bond donors (Lipinski definition) is 15. The molecule has 0 radical (unpaired) electrons. The number of urea groups is 1. The zero-order valence-electron chi connectivity index (χ0n) is 73.9. The van der Waals surface area contributed by atoms with Crippen LogP contribution in [-0.2, 0) is 14.8 Å². The first-order valence-corrected chi connectivity index (χ1v) is 46.1. The first kappa shape index (κ1) is 106. The van der Waals surface area contributed by atoms with Crippen molar-refractivity contribution < 1.29 is 70.2 Å². The number of aliphatic hydroxyl groups is 2. The van der Waals surface area contributed by atoms with E-state index >= 15 is 0 Å². The second kappa shape index (κ2) is 60.8. The van der Waals surface area contributed by atoms with Crippen molar-refractivity contribution in [2.75, 3.05) is 198 Å². The predicted molar refractivity (Wildman–Crippen MR) is 510 cm³/mol. The van der Waals surface area contributed by atoms with Crippen molar-refractivity contribution in [3.8, 4) is 40.2 Å². The number of benzene rings is 7. The molecule has 15 N–H and O–H groups in total. The third-order valence-corrected chi connectivity index (χ3v) is 22.7. The van der Waals surface area contributed by atoms with Crippen LogP contribution in [-0.4, -0.2) is 220 Å². The normalized spacial score (nSPS) is 18.4. The fraction of sp³-hybridized carbons (Fsp3) is 0.516. The number of halogens is 4. The van der Waals surface area contributed by atoms with Gasteiger partial charge >= 0.3 is 6.03 Å². The number of para-hydroxylation sites is 12. The van der Waals surface area contributed by atoms with Gasteiger partial charge in [0.1, 0.15) is 28.7 Å². The topological polar surface area (TPSA) is 333 Å². The van der Waals surface area contributed by atoms with Gasteiger partial charge in [0.25, 0.3) is 0 Å². The highest BCUT2D eigenvalue weighted by atomic mass is 35.5. The summed E-state index contributed by atoms with van der Waals surface area (Å²) >= 11 is 5.12. The lowest BCUT2D eigenvalue weighted by atomic mass is 9.97. The van der Waals surface area contributed by atoms with Crippen LogP contribution in [0.1, 0.15) is 84.0 Å². The minimum absolute atomic E-state index is 0. The number of carbonyl (C=O) groups excluding carboxylic acids is 2. The Labute approximate surface area is 763 Å². The minimum atomic E-state index is -3.28. The molecule has 33 heteroatoms. The molecular weight excluding hydrogens is 1690 g/mol. The molecule has 0 aliphatic carbocycles. The number of sulfonamides is 1. The molecule has 126 heavy (non-hydrogen) atoms. The summed E-state index contributed by atoms with van der Waals surface area (Å²) in [5.74, 6) is 6.78. The van der Waals surface area contributed by atoms with Crippen molar-refractivity contribution in [1.82, 2.24) is 47.9 Å². The number of thiocarbonyl (C=S) groups is 1. The molecule has 698 valence electrons. The predicted octanol–water partition coefficient (Wildman–Crippen LogP) is 12.6. The van der Waals surface area contributed by atoms with Gasteiger partial charge in [0.15, 0.2) is 28.2 Å². The van der Waals surface area contributed by atoms with Gasteiger partial charge in [0.05, 0.1) is 93.1 Å². The molecule has 0 unspecified atom stereocenters. The molecule has 7 aliphatic heterocycles. The zero-order valence-corrected chi connectivity index (χ0v) is 77.2. The molecule has 7 saturated heterocycles. The molecule has 7 aliphatic rings. The van der Waals surface area contributed by atoms with Gasteiger partial charge in [0, 0.05) is 60.0 Å². The third kappa shape index (κ3) is 41.5. The summed E-state index contributed by atoms with van der Waals surface area (Å²) in [5, 5.41) is 57.2. The fourth-order valence-corrected chi connectivity index (χ4v) is 15.1. The lowest BCUT2D eigenvalue weighted by Gasteiger charge is -2.28. The lowest BCUT2D eigenvalue weighted by Crippen LogP contribution is -2.42. The van der Waals surface area contributed by atoms with E-state index in [0.29, 0.717) is 78.3 Å². The smallest absolute Gasteiger partial charge is 0.319 e. The van der Waals surface area contributed by atoms with Crippen molar-refractivity contribution in [1.29, 1.82) is 0 Å². The number of anilines is 5. The van der Waals surface area contributed by atoms with Crippen molar-refractivity contribution in [3.63, 3.8) is 0 Å². The zero-order chi connectivity index (χ0) is 88.4. The molecule has 3 amide bonds. The van der Waals surface area contributed by atoms with Gasteiger partial charge in [-0.25, -0.2) is 22.0 Å².